The smallest absolute Gasteiger partial charge is 0.253 e. The van der Waals surface area contributed by atoms with Crippen LogP contribution < -0.4 is 10.2 Å². The van der Waals surface area contributed by atoms with Gasteiger partial charge in [0.15, 0.2) is 11.6 Å². The Morgan fingerprint density at radius 1 is 1.21 bits per heavy atom. The van der Waals surface area contributed by atoms with Crippen molar-refractivity contribution in [2.45, 2.75) is 19.1 Å². The zero-order chi connectivity index (χ0) is 17.9. The lowest BCUT2D eigenvalue weighted by molar-refractivity contribution is 0.0851. The van der Waals surface area contributed by atoms with Crippen molar-refractivity contribution in [3.63, 3.8) is 0 Å². The number of hydrogen-bond acceptors (Lipinski definition) is 4. The van der Waals surface area contributed by atoms with Gasteiger partial charge in [-0.05, 0) is 36.8 Å². The summed E-state index contributed by atoms with van der Waals surface area (Å²) in [5, 5.41) is 12.8. The van der Waals surface area contributed by atoms with Crippen LogP contribution in [0.2, 0.25) is 0 Å². The summed E-state index contributed by atoms with van der Waals surface area (Å²) in [6.45, 7) is 1.57. The first-order valence-corrected chi connectivity index (χ1v) is 7.37. The number of nitrogens with zero attached hydrogens (tertiary/aromatic N) is 2. The van der Waals surface area contributed by atoms with Crippen LogP contribution in [0, 0.1) is 11.6 Å². The quantitative estimate of drug-likeness (QED) is 0.880. The van der Waals surface area contributed by atoms with Crippen molar-refractivity contribution >= 4 is 11.7 Å². The van der Waals surface area contributed by atoms with Gasteiger partial charge in [0.25, 0.3) is 5.91 Å². The van der Waals surface area contributed by atoms with Crippen molar-refractivity contribution < 1.29 is 18.7 Å². The SMILES string of the molecule is CC(NC(=O)c1ccc(N(C)C)nc1)C(O)c1ccc(F)c(F)c1. The Morgan fingerprint density at radius 2 is 1.92 bits per heavy atom. The molecule has 2 rings (SSSR count). The first-order valence-electron chi connectivity index (χ1n) is 7.37. The third-order valence-corrected chi connectivity index (χ3v) is 3.59. The fourth-order valence-corrected chi connectivity index (χ4v) is 2.14. The highest BCUT2D eigenvalue weighted by molar-refractivity contribution is 5.94. The number of rotatable bonds is 5. The number of carbonyl (C=O) groups excluding carboxylic acids is 1. The second-order valence-corrected chi connectivity index (χ2v) is 5.68. The number of aromatic nitrogens is 1. The third-order valence-electron chi connectivity index (χ3n) is 3.59. The van der Waals surface area contributed by atoms with E-state index in [1.54, 1.807) is 24.0 Å². The molecule has 1 aromatic carbocycles. The molecule has 1 amide bonds. The highest BCUT2D eigenvalue weighted by Crippen LogP contribution is 2.19. The molecule has 2 aromatic rings. The van der Waals surface area contributed by atoms with Crippen LogP contribution in [0.15, 0.2) is 36.5 Å². The molecular weight excluding hydrogens is 316 g/mol. The third kappa shape index (κ3) is 4.05. The molecule has 0 bridgehead atoms. The first kappa shape index (κ1) is 17.8. The summed E-state index contributed by atoms with van der Waals surface area (Å²) in [4.78, 5) is 18.1. The molecule has 0 aliphatic carbocycles. The van der Waals surface area contributed by atoms with Crippen molar-refractivity contribution in [2.75, 3.05) is 19.0 Å². The molecule has 0 fully saturated rings. The second-order valence-electron chi connectivity index (χ2n) is 5.68. The number of pyridine rings is 1. The van der Waals surface area contributed by atoms with E-state index in [0.717, 1.165) is 12.1 Å². The zero-order valence-corrected chi connectivity index (χ0v) is 13.6. The number of anilines is 1. The molecule has 128 valence electrons. The number of benzene rings is 1. The van der Waals surface area contributed by atoms with E-state index < -0.39 is 29.7 Å². The summed E-state index contributed by atoms with van der Waals surface area (Å²) in [6.07, 6.45) is 0.263. The summed E-state index contributed by atoms with van der Waals surface area (Å²) in [6, 6.07) is 5.75. The molecule has 0 spiro atoms. The van der Waals surface area contributed by atoms with Crippen LogP contribution in [0.4, 0.5) is 14.6 Å². The predicted octanol–water partition coefficient (Wildman–Crippen LogP) is 2.28. The number of aliphatic hydroxyl groups is 1. The summed E-state index contributed by atoms with van der Waals surface area (Å²) in [5.41, 5.74) is 0.521. The number of carbonyl (C=O) groups is 1. The highest BCUT2D eigenvalue weighted by atomic mass is 19.2. The minimum absolute atomic E-state index is 0.183. The van der Waals surface area contributed by atoms with Gasteiger partial charge in [0.1, 0.15) is 5.82 Å². The van der Waals surface area contributed by atoms with Crippen molar-refractivity contribution in [1.29, 1.82) is 0 Å². The molecule has 1 heterocycles. The molecule has 0 radical (unpaired) electrons. The maximum absolute atomic E-state index is 13.2. The van der Waals surface area contributed by atoms with Crippen molar-refractivity contribution in [3.8, 4) is 0 Å². The van der Waals surface area contributed by atoms with E-state index in [1.807, 2.05) is 14.1 Å². The van der Waals surface area contributed by atoms with Crippen LogP contribution in [0.5, 0.6) is 0 Å². The van der Waals surface area contributed by atoms with Gasteiger partial charge in [0, 0.05) is 20.3 Å². The van der Waals surface area contributed by atoms with Crippen LogP contribution in [-0.2, 0) is 0 Å². The number of amides is 1. The average Bonchev–Trinajstić information content (AvgIpc) is 2.56. The molecule has 0 aliphatic rings. The van der Waals surface area contributed by atoms with Crippen LogP contribution in [0.1, 0.15) is 28.9 Å². The normalized spacial score (nSPS) is 13.2. The summed E-state index contributed by atoms with van der Waals surface area (Å²) >= 11 is 0. The van der Waals surface area contributed by atoms with Gasteiger partial charge in [-0.15, -0.1) is 0 Å². The molecule has 24 heavy (non-hydrogen) atoms. The molecule has 2 unspecified atom stereocenters. The molecule has 0 aliphatic heterocycles. The van der Waals surface area contributed by atoms with Crippen molar-refractivity contribution in [1.82, 2.24) is 10.3 Å². The van der Waals surface area contributed by atoms with Crippen LogP contribution in [0.3, 0.4) is 0 Å². The van der Waals surface area contributed by atoms with Gasteiger partial charge < -0.3 is 15.3 Å². The van der Waals surface area contributed by atoms with Gasteiger partial charge in [0.2, 0.25) is 0 Å². The minimum atomic E-state index is -1.17. The zero-order valence-electron chi connectivity index (χ0n) is 13.6. The molecule has 5 nitrogen and oxygen atoms in total. The molecule has 2 atom stereocenters. The lowest BCUT2D eigenvalue weighted by Gasteiger charge is -2.21. The standard InChI is InChI=1S/C17H19F2N3O2/c1-10(16(23)11-4-6-13(18)14(19)8-11)21-17(24)12-5-7-15(20-9-12)22(2)3/h4-10,16,23H,1-3H3,(H,21,24). The van der Waals surface area contributed by atoms with E-state index in [-0.39, 0.29) is 5.56 Å². The molecule has 7 heteroatoms. The number of aliphatic hydroxyl groups excluding tert-OH is 1. The van der Waals surface area contributed by atoms with Gasteiger partial charge >= 0.3 is 0 Å². The minimum Gasteiger partial charge on any atom is -0.386 e. The number of nitrogens with one attached hydrogen (secondary N) is 1. The van der Waals surface area contributed by atoms with Crippen LogP contribution in [-0.4, -0.2) is 36.1 Å². The fraction of sp³-hybridized carbons (Fsp3) is 0.294. The summed E-state index contributed by atoms with van der Waals surface area (Å²) in [5.74, 6) is -1.74. The summed E-state index contributed by atoms with van der Waals surface area (Å²) in [7, 11) is 3.67. The summed E-state index contributed by atoms with van der Waals surface area (Å²) < 4.78 is 26.2. The van der Waals surface area contributed by atoms with Crippen molar-refractivity contribution in [2.24, 2.45) is 0 Å². The van der Waals surface area contributed by atoms with E-state index in [1.165, 1.54) is 12.3 Å². The van der Waals surface area contributed by atoms with E-state index in [4.69, 9.17) is 0 Å². The fourth-order valence-electron chi connectivity index (χ4n) is 2.14. The van der Waals surface area contributed by atoms with Gasteiger partial charge in [-0.3, -0.25) is 4.79 Å². The van der Waals surface area contributed by atoms with Crippen LogP contribution >= 0.6 is 0 Å². The lowest BCUT2D eigenvalue weighted by Crippen LogP contribution is -2.37. The molecule has 1 aromatic heterocycles. The predicted molar refractivity (Wildman–Crippen MR) is 86.8 cm³/mol. The van der Waals surface area contributed by atoms with Gasteiger partial charge in [0.05, 0.1) is 17.7 Å². The van der Waals surface area contributed by atoms with E-state index in [9.17, 15) is 18.7 Å². The topological polar surface area (TPSA) is 65.5 Å². The van der Waals surface area contributed by atoms with Gasteiger partial charge in [-0.1, -0.05) is 6.07 Å². The van der Waals surface area contributed by atoms with E-state index >= 15 is 0 Å². The monoisotopic (exact) mass is 335 g/mol. The molecule has 0 saturated heterocycles. The molecule has 0 saturated carbocycles. The maximum Gasteiger partial charge on any atom is 0.253 e. The Kier molecular flexibility index (Phi) is 5.46. The van der Waals surface area contributed by atoms with Gasteiger partial charge in [-0.2, -0.15) is 0 Å². The van der Waals surface area contributed by atoms with Crippen molar-refractivity contribution in [3.05, 3.63) is 59.3 Å². The Balaban J connectivity index is 2.05. The number of hydrogen-bond donors (Lipinski definition) is 2. The highest BCUT2D eigenvalue weighted by Gasteiger charge is 2.20. The average molecular weight is 335 g/mol. The van der Waals surface area contributed by atoms with E-state index in [2.05, 4.69) is 10.3 Å². The number of halogens is 2. The van der Waals surface area contributed by atoms with Gasteiger partial charge in [-0.25, -0.2) is 13.8 Å². The Hall–Kier alpha value is -2.54. The molecular formula is C17H19F2N3O2. The van der Waals surface area contributed by atoms with E-state index in [0.29, 0.717) is 11.4 Å². The lowest BCUT2D eigenvalue weighted by atomic mass is 10.0. The Bertz CT molecular complexity index is 720. The Labute approximate surface area is 138 Å². The maximum atomic E-state index is 13.2. The Morgan fingerprint density at radius 3 is 2.46 bits per heavy atom. The first-order chi connectivity index (χ1) is 11.3. The largest absolute Gasteiger partial charge is 0.386 e. The van der Waals surface area contributed by atoms with Crippen LogP contribution in [0.25, 0.3) is 0 Å². The molecule has 2 N–H and O–H groups in total. The second kappa shape index (κ2) is 7.35.